The van der Waals surface area contributed by atoms with Crippen LogP contribution < -0.4 is 0 Å². The third-order valence-corrected chi connectivity index (χ3v) is 12.4. The lowest BCUT2D eigenvalue weighted by atomic mass is 9.44. The molecule has 2 saturated heterocycles. The molecule has 14 atom stereocenters. The molecule has 1 unspecified atom stereocenters. The Morgan fingerprint density at radius 2 is 1.72 bits per heavy atom. The number of rotatable bonds is 0. The number of aliphatic hydroxyl groups excluding tert-OH is 2. The zero-order valence-corrected chi connectivity index (χ0v) is 20.4. The van der Waals surface area contributed by atoms with E-state index in [2.05, 4.69) is 27.7 Å². The number of quaternary nitrogens is 1. The number of carbonyl (C=O) groups excluding carboxylic acids is 1. The Labute approximate surface area is 193 Å². The SMILES string of the molecule is C[C@H]1CC[C@@H]2[C@@H](C)[C@H]3[C@H](C[C@H]4[C@@H]5CC(=O)[C@H]6C[C@H](O)[C@H](O)C[C@]6(C)[C@H]5CC[C@]34C)[N+]2([O-])C1. The topological polar surface area (TPSA) is 80.6 Å². The summed E-state index contributed by atoms with van der Waals surface area (Å²) in [6, 6.07) is 0.493. The van der Waals surface area contributed by atoms with Gasteiger partial charge in [0.25, 0.3) is 0 Å². The smallest absolute Gasteiger partial charge is 0.136 e. The zero-order chi connectivity index (χ0) is 22.8. The first-order valence-corrected chi connectivity index (χ1v) is 13.5. The summed E-state index contributed by atoms with van der Waals surface area (Å²) in [6.45, 7) is 10.1. The first kappa shape index (κ1) is 22.0. The van der Waals surface area contributed by atoms with Crippen LogP contribution in [0.2, 0.25) is 0 Å². The summed E-state index contributed by atoms with van der Waals surface area (Å²) in [7, 11) is 0. The summed E-state index contributed by atoms with van der Waals surface area (Å²) in [6.07, 6.45) is 5.65. The van der Waals surface area contributed by atoms with Gasteiger partial charge in [-0.3, -0.25) is 4.79 Å². The Morgan fingerprint density at radius 1 is 0.969 bits per heavy atom. The molecule has 0 amide bonds. The number of piperidine rings is 1. The number of hydroxylamine groups is 3. The Hall–Kier alpha value is -0.490. The number of Topliss-reactive ketones (excluding diaryl/α,β-unsaturated/α-hetero) is 1. The van der Waals surface area contributed by atoms with Gasteiger partial charge in [-0.2, -0.15) is 0 Å². The summed E-state index contributed by atoms with van der Waals surface area (Å²) < 4.78 is 0.0508. The van der Waals surface area contributed by atoms with E-state index < -0.39 is 12.2 Å². The van der Waals surface area contributed by atoms with Gasteiger partial charge in [0.15, 0.2) is 0 Å². The lowest BCUT2D eigenvalue weighted by Gasteiger charge is -2.60. The molecule has 32 heavy (non-hydrogen) atoms. The number of hydrogen-bond donors (Lipinski definition) is 2. The van der Waals surface area contributed by atoms with Crippen molar-refractivity contribution in [3.8, 4) is 0 Å². The minimum absolute atomic E-state index is 0.0508. The Kier molecular flexibility index (Phi) is 4.68. The maximum absolute atomic E-state index is 14.4. The van der Waals surface area contributed by atoms with Crippen LogP contribution in [0.15, 0.2) is 0 Å². The van der Waals surface area contributed by atoms with Gasteiger partial charge in [0.05, 0.1) is 30.8 Å². The number of nitrogens with zero attached hydrogens (tertiary/aromatic N) is 1. The molecule has 0 aromatic rings. The molecule has 6 aliphatic rings. The number of ketones is 1. The molecule has 0 spiro atoms. The number of hydrogen-bond acceptors (Lipinski definition) is 4. The van der Waals surface area contributed by atoms with Crippen molar-refractivity contribution in [1.29, 1.82) is 0 Å². The second-order valence-electron chi connectivity index (χ2n) is 13.7. The first-order valence-electron chi connectivity index (χ1n) is 13.5. The standard InChI is InChI=1S/C27H43NO4/c1-14-5-6-20-15(2)25-21(28(20,32)13-14)10-18-16-9-22(29)19-11-23(30)24(31)12-27(19,4)17(16)7-8-26(18,25)3/h14-21,23-25,30-31H,5-13H2,1-4H3/t14-,15+,16+,17-,18-,19+,20+,21-,23-,24+,25-,26-,27+,28?/m0/s1. The molecular weight excluding hydrogens is 402 g/mol. The van der Waals surface area contributed by atoms with E-state index in [0.717, 1.165) is 32.2 Å². The van der Waals surface area contributed by atoms with E-state index in [4.69, 9.17) is 0 Å². The molecule has 6 rings (SSSR count). The first-order chi connectivity index (χ1) is 15.0. The normalized spacial score (nSPS) is 63.7. The van der Waals surface area contributed by atoms with Gasteiger partial charge in [-0.15, -0.1) is 0 Å². The van der Waals surface area contributed by atoms with Gasteiger partial charge in [0.2, 0.25) is 0 Å². The van der Waals surface area contributed by atoms with Crippen molar-refractivity contribution >= 4 is 5.78 Å². The molecule has 2 N–H and O–H groups in total. The monoisotopic (exact) mass is 445 g/mol. The highest BCUT2D eigenvalue weighted by Gasteiger charge is 2.71. The van der Waals surface area contributed by atoms with Crippen molar-refractivity contribution in [2.45, 2.75) is 103 Å². The lowest BCUT2D eigenvalue weighted by molar-refractivity contribution is -0.926. The molecule has 0 aromatic carbocycles. The molecule has 5 nitrogen and oxygen atoms in total. The van der Waals surface area contributed by atoms with Crippen LogP contribution in [0.4, 0.5) is 0 Å². The maximum Gasteiger partial charge on any atom is 0.136 e. The molecule has 2 aliphatic heterocycles. The van der Waals surface area contributed by atoms with Gasteiger partial charge in [0, 0.05) is 42.9 Å². The van der Waals surface area contributed by atoms with Crippen LogP contribution in [0.5, 0.6) is 0 Å². The summed E-state index contributed by atoms with van der Waals surface area (Å²) in [5.74, 6) is 2.90. The van der Waals surface area contributed by atoms with Crippen molar-refractivity contribution in [2.24, 2.45) is 52.3 Å². The zero-order valence-electron chi connectivity index (χ0n) is 20.4. The second kappa shape index (κ2) is 6.80. The van der Waals surface area contributed by atoms with E-state index in [1.807, 2.05) is 0 Å². The van der Waals surface area contributed by atoms with E-state index in [1.54, 1.807) is 0 Å². The van der Waals surface area contributed by atoms with Gasteiger partial charge < -0.3 is 20.1 Å². The second-order valence-corrected chi connectivity index (χ2v) is 13.7. The van der Waals surface area contributed by atoms with Crippen LogP contribution in [-0.4, -0.2) is 51.5 Å². The quantitative estimate of drug-likeness (QED) is 0.438. The number of fused-ring (bicyclic) bond motifs is 9. The van der Waals surface area contributed by atoms with Gasteiger partial charge in [-0.1, -0.05) is 27.7 Å². The minimum Gasteiger partial charge on any atom is -0.632 e. The molecule has 4 saturated carbocycles. The van der Waals surface area contributed by atoms with Crippen LogP contribution in [0.25, 0.3) is 0 Å². The number of carbonyl (C=O) groups is 1. The predicted molar refractivity (Wildman–Crippen MR) is 122 cm³/mol. The fourth-order valence-corrected chi connectivity index (χ4v) is 11.2. The lowest BCUT2D eigenvalue weighted by Crippen LogP contribution is -2.60. The van der Waals surface area contributed by atoms with E-state index in [-0.39, 0.29) is 33.5 Å². The summed E-state index contributed by atoms with van der Waals surface area (Å²) in [5.41, 5.74) is -0.0487. The summed E-state index contributed by atoms with van der Waals surface area (Å²) >= 11 is 0. The maximum atomic E-state index is 14.4. The average molecular weight is 446 g/mol. The molecule has 180 valence electrons. The van der Waals surface area contributed by atoms with Crippen LogP contribution in [0.3, 0.4) is 0 Å². The van der Waals surface area contributed by atoms with E-state index >= 15 is 0 Å². The van der Waals surface area contributed by atoms with Crippen LogP contribution in [0, 0.1) is 57.5 Å². The van der Waals surface area contributed by atoms with Crippen LogP contribution >= 0.6 is 0 Å². The fraction of sp³-hybridized carbons (Fsp3) is 0.963. The molecule has 0 radical (unpaired) electrons. The Bertz CT molecular complexity index is 817. The Morgan fingerprint density at radius 3 is 2.47 bits per heavy atom. The minimum atomic E-state index is -0.767. The molecule has 2 heterocycles. The van der Waals surface area contributed by atoms with Gasteiger partial charge >= 0.3 is 0 Å². The molecular formula is C27H43NO4. The van der Waals surface area contributed by atoms with Crippen LogP contribution in [0.1, 0.15) is 79.1 Å². The number of aliphatic hydroxyl groups is 2. The van der Waals surface area contributed by atoms with Crippen molar-refractivity contribution in [3.05, 3.63) is 5.21 Å². The fourth-order valence-electron chi connectivity index (χ4n) is 11.2. The Balaban J connectivity index is 1.35. The third kappa shape index (κ3) is 2.58. The average Bonchev–Trinajstić information content (AvgIpc) is 3.14. The third-order valence-electron chi connectivity index (χ3n) is 12.4. The summed E-state index contributed by atoms with van der Waals surface area (Å²) in [5, 5.41) is 35.2. The highest BCUT2D eigenvalue weighted by atomic mass is 16.6. The highest BCUT2D eigenvalue weighted by molar-refractivity contribution is 5.83. The van der Waals surface area contributed by atoms with Crippen molar-refractivity contribution in [3.63, 3.8) is 0 Å². The highest BCUT2D eigenvalue weighted by Crippen LogP contribution is 2.71. The van der Waals surface area contributed by atoms with Crippen LogP contribution in [-0.2, 0) is 4.79 Å². The molecule has 6 fully saturated rings. The van der Waals surface area contributed by atoms with E-state index in [1.165, 1.54) is 6.42 Å². The van der Waals surface area contributed by atoms with E-state index in [0.29, 0.717) is 60.6 Å². The van der Waals surface area contributed by atoms with E-state index in [9.17, 15) is 20.2 Å². The van der Waals surface area contributed by atoms with Crippen molar-refractivity contribution in [1.82, 2.24) is 0 Å². The molecule has 0 aromatic heterocycles. The predicted octanol–water partition coefficient (Wildman–Crippen LogP) is 3.90. The summed E-state index contributed by atoms with van der Waals surface area (Å²) in [4.78, 5) is 13.4. The van der Waals surface area contributed by atoms with Gasteiger partial charge in [-0.25, -0.2) is 0 Å². The molecule has 5 heteroatoms. The van der Waals surface area contributed by atoms with Crippen molar-refractivity contribution in [2.75, 3.05) is 6.54 Å². The molecule has 0 bridgehead atoms. The van der Waals surface area contributed by atoms with Crippen molar-refractivity contribution < 1.29 is 19.7 Å². The molecule has 4 aliphatic carbocycles. The largest absolute Gasteiger partial charge is 0.632 e. The van der Waals surface area contributed by atoms with Gasteiger partial charge in [-0.05, 0) is 60.7 Å². The van der Waals surface area contributed by atoms with Gasteiger partial charge in [0.1, 0.15) is 5.78 Å².